The first-order valence-corrected chi connectivity index (χ1v) is 5.64. The van der Waals surface area contributed by atoms with Gasteiger partial charge in [-0.1, -0.05) is 6.07 Å². The third-order valence-corrected chi connectivity index (χ3v) is 2.62. The molecule has 5 heteroatoms. The predicted octanol–water partition coefficient (Wildman–Crippen LogP) is 2.24. The summed E-state index contributed by atoms with van der Waals surface area (Å²) >= 11 is 0. The fourth-order valence-electron chi connectivity index (χ4n) is 1.61. The number of carbonyl (C=O) groups excluding carboxylic acids is 1. The summed E-state index contributed by atoms with van der Waals surface area (Å²) in [6.07, 6.45) is 0. The first-order valence-electron chi connectivity index (χ1n) is 5.64. The highest BCUT2D eigenvalue weighted by Crippen LogP contribution is 2.25. The van der Waals surface area contributed by atoms with E-state index in [1.165, 1.54) is 19.2 Å². The highest BCUT2D eigenvalue weighted by atomic mass is 16.5. The fraction of sp³-hybridized carbons (Fsp3) is 0.0714. The van der Waals surface area contributed by atoms with Crippen LogP contribution in [0, 0.1) is 0 Å². The summed E-state index contributed by atoms with van der Waals surface area (Å²) in [4.78, 5) is 12.0. The molecule has 0 bridgehead atoms. The Bertz CT molecular complexity index is 611. The van der Waals surface area contributed by atoms with E-state index in [9.17, 15) is 9.90 Å². The second-order valence-corrected chi connectivity index (χ2v) is 3.96. The van der Waals surface area contributed by atoms with Gasteiger partial charge in [-0.25, -0.2) is 0 Å². The SMILES string of the molecule is COc1ccc(N)c(NC(=O)c2cccc(O)c2)c1. The van der Waals surface area contributed by atoms with Crippen LogP contribution in [0.5, 0.6) is 11.5 Å². The van der Waals surface area contributed by atoms with Crippen LogP contribution < -0.4 is 15.8 Å². The maximum Gasteiger partial charge on any atom is 0.255 e. The van der Waals surface area contributed by atoms with Crippen molar-refractivity contribution >= 4 is 17.3 Å². The molecule has 0 aromatic heterocycles. The average Bonchev–Trinajstić information content (AvgIpc) is 2.41. The maximum atomic E-state index is 12.0. The van der Waals surface area contributed by atoms with Gasteiger partial charge in [0.2, 0.25) is 0 Å². The van der Waals surface area contributed by atoms with Crippen LogP contribution >= 0.6 is 0 Å². The zero-order valence-electron chi connectivity index (χ0n) is 10.4. The standard InChI is InChI=1S/C14H14N2O3/c1-19-11-5-6-12(15)13(8-11)16-14(18)9-3-2-4-10(17)7-9/h2-8,17H,15H2,1H3,(H,16,18). The molecular weight excluding hydrogens is 244 g/mol. The second-order valence-electron chi connectivity index (χ2n) is 3.96. The number of nitrogens with one attached hydrogen (secondary N) is 1. The maximum absolute atomic E-state index is 12.0. The van der Waals surface area contributed by atoms with E-state index in [4.69, 9.17) is 10.5 Å². The van der Waals surface area contributed by atoms with Crippen molar-refractivity contribution in [1.29, 1.82) is 0 Å². The van der Waals surface area contributed by atoms with Gasteiger partial charge in [0.15, 0.2) is 0 Å². The summed E-state index contributed by atoms with van der Waals surface area (Å²) in [6.45, 7) is 0. The monoisotopic (exact) mass is 258 g/mol. The number of nitrogens with two attached hydrogens (primary N) is 1. The first kappa shape index (κ1) is 12.8. The van der Waals surface area contributed by atoms with E-state index in [1.807, 2.05) is 0 Å². The molecule has 0 aliphatic carbocycles. The molecule has 0 spiro atoms. The summed E-state index contributed by atoms with van der Waals surface area (Å²) in [5.41, 5.74) is 7.03. The van der Waals surface area contributed by atoms with E-state index in [2.05, 4.69) is 5.32 Å². The lowest BCUT2D eigenvalue weighted by Gasteiger charge is -2.10. The van der Waals surface area contributed by atoms with Gasteiger partial charge in [0.05, 0.1) is 18.5 Å². The van der Waals surface area contributed by atoms with Crippen LogP contribution in [0.4, 0.5) is 11.4 Å². The quantitative estimate of drug-likeness (QED) is 0.737. The van der Waals surface area contributed by atoms with Gasteiger partial charge in [-0.05, 0) is 30.3 Å². The second kappa shape index (κ2) is 5.30. The van der Waals surface area contributed by atoms with Crippen molar-refractivity contribution in [1.82, 2.24) is 0 Å². The molecule has 2 aromatic rings. The summed E-state index contributed by atoms with van der Waals surface area (Å²) in [5, 5.41) is 12.0. The molecule has 98 valence electrons. The topological polar surface area (TPSA) is 84.6 Å². The molecule has 0 heterocycles. The number of hydrogen-bond acceptors (Lipinski definition) is 4. The molecule has 19 heavy (non-hydrogen) atoms. The number of methoxy groups -OCH3 is 1. The summed E-state index contributed by atoms with van der Waals surface area (Å²) < 4.78 is 5.07. The number of rotatable bonds is 3. The van der Waals surface area contributed by atoms with Crippen molar-refractivity contribution in [3.63, 3.8) is 0 Å². The van der Waals surface area contributed by atoms with Gasteiger partial charge in [0, 0.05) is 11.6 Å². The molecule has 0 atom stereocenters. The molecule has 0 unspecified atom stereocenters. The number of benzene rings is 2. The minimum Gasteiger partial charge on any atom is -0.508 e. The van der Waals surface area contributed by atoms with Gasteiger partial charge in [-0.3, -0.25) is 4.79 Å². The van der Waals surface area contributed by atoms with Gasteiger partial charge in [0.1, 0.15) is 11.5 Å². The molecule has 4 N–H and O–H groups in total. The van der Waals surface area contributed by atoms with Crippen molar-refractivity contribution in [2.45, 2.75) is 0 Å². The van der Waals surface area contributed by atoms with Crippen molar-refractivity contribution in [3.05, 3.63) is 48.0 Å². The third-order valence-electron chi connectivity index (χ3n) is 2.62. The minimum atomic E-state index is -0.351. The fourth-order valence-corrected chi connectivity index (χ4v) is 1.61. The number of phenols is 1. The van der Waals surface area contributed by atoms with E-state index in [1.54, 1.807) is 30.3 Å². The molecule has 1 amide bonds. The Hall–Kier alpha value is -2.69. The lowest BCUT2D eigenvalue weighted by molar-refractivity contribution is 0.102. The van der Waals surface area contributed by atoms with Crippen molar-refractivity contribution in [2.75, 3.05) is 18.2 Å². The van der Waals surface area contributed by atoms with Crippen LogP contribution in [-0.4, -0.2) is 18.1 Å². The van der Waals surface area contributed by atoms with Crippen LogP contribution in [-0.2, 0) is 0 Å². The van der Waals surface area contributed by atoms with Gasteiger partial charge in [0.25, 0.3) is 5.91 Å². The molecule has 0 aliphatic rings. The Morgan fingerprint density at radius 2 is 2.05 bits per heavy atom. The number of ether oxygens (including phenoxy) is 1. The van der Waals surface area contributed by atoms with Crippen LogP contribution in [0.15, 0.2) is 42.5 Å². The van der Waals surface area contributed by atoms with Gasteiger partial charge in [-0.15, -0.1) is 0 Å². The van der Waals surface area contributed by atoms with Crippen molar-refractivity contribution in [2.24, 2.45) is 0 Å². The summed E-state index contributed by atoms with van der Waals surface area (Å²) in [6, 6.07) is 11.1. The Labute approximate surface area is 110 Å². The molecule has 2 aromatic carbocycles. The average molecular weight is 258 g/mol. The number of aromatic hydroxyl groups is 1. The van der Waals surface area contributed by atoms with Crippen LogP contribution in [0.1, 0.15) is 10.4 Å². The zero-order valence-corrected chi connectivity index (χ0v) is 10.4. The molecule has 0 saturated heterocycles. The summed E-state index contributed by atoms with van der Waals surface area (Å²) in [7, 11) is 1.53. The molecule has 0 radical (unpaired) electrons. The van der Waals surface area contributed by atoms with Gasteiger partial charge in [-0.2, -0.15) is 0 Å². The Morgan fingerprint density at radius 3 is 2.74 bits per heavy atom. The molecule has 0 aliphatic heterocycles. The molecule has 2 rings (SSSR count). The zero-order chi connectivity index (χ0) is 13.8. The molecule has 0 fully saturated rings. The number of anilines is 2. The Morgan fingerprint density at radius 1 is 1.26 bits per heavy atom. The van der Waals surface area contributed by atoms with Crippen molar-refractivity contribution in [3.8, 4) is 11.5 Å². The predicted molar refractivity (Wildman–Crippen MR) is 73.5 cm³/mol. The first-order chi connectivity index (χ1) is 9.10. The highest BCUT2D eigenvalue weighted by Gasteiger charge is 2.09. The van der Waals surface area contributed by atoms with E-state index in [-0.39, 0.29) is 11.7 Å². The van der Waals surface area contributed by atoms with E-state index < -0.39 is 0 Å². The van der Waals surface area contributed by atoms with Gasteiger partial charge < -0.3 is 20.9 Å². The van der Waals surface area contributed by atoms with Crippen molar-refractivity contribution < 1.29 is 14.6 Å². The van der Waals surface area contributed by atoms with Crippen LogP contribution in [0.25, 0.3) is 0 Å². The minimum absolute atomic E-state index is 0.0336. The third kappa shape index (κ3) is 2.95. The Kier molecular flexibility index (Phi) is 3.56. The van der Waals surface area contributed by atoms with Crippen LogP contribution in [0.2, 0.25) is 0 Å². The highest BCUT2D eigenvalue weighted by molar-refractivity contribution is 6.06. The van der Waals surface area contributed by atoms with E-state index >= 15 is 0 Å². The smallest absolute Gasteiger partial charge is 0.255 e. The van der Waals surface area contributed by atoms with E-state index in [0.717, 1.165) is 0 Å². The van der Waals surface area contributed by atoms with E-state index in [0.29, 0.717) is 22.7 Å². The van der Waals surface area contributed by atoms with Gasteiger partial charge >= 0.3 is 0 Å². The number of amides is 1. The number of carbonyl (C=O) groups is 1. The molecule has 0 saturated carbocycles. The summed E-state index contributed by atoms with van der Waals surface area (Å²) in [5.74, 6) is 0.280. The molecular formula is C14H14N2O3. The normalized spacial score (nSPS) is 9.95. The number of hydrogen-bond donors (Lipinski definition) is 3. The lowest BCUT2D eigenvalue weighted by atomic mass is 10.2. The molecule has 5 nitrogen and oxygen atoms in total. The lowest BCUT2D eigenvalue weighted by Crippen LogP contribution is -2.13. The number of nitrogen functional groups attached to an aromatic ring is 1. The largest absolute Gasteiger partial charge is 0.508 e. The number of phenolic OH excluding ortho intramolecular Hbond substituents is 1. The van der Waals surface area contributed by atoms with Crippen LogP contribution in [0.3, 0.4) is 0 Å². The Balaban J connectivity index is 2.23.